The number of hydrogen-bond acceptors (Lipinski definition) is 4. The largest absolute Gasteiger partial charge is 0.396 e. The quantitative estimate of drug-likeness (QED) is 0.260. The maximum atomic E-state index is 9.83. The van der Waals surface area contributed by atoms with Gasteiger partial charge >= 0.3 is 0 Å². The van der Waals surface area contributed by atoms with Crippen LogP contribution in [-0.4, -0.2) is 68.5 Å². The first-order valence-electron chi connectivity index (χ1n) is 10.9. The number of benzene rings is 2. The molecule has 0 saturated carbocycles. The molecule has 1 aliphatic rings. The fourth-order valence-electron chi connectivity index (χ4n) is 3.75. The summed E-state index contributed by atoms with van der Waals surface area (Å²) in [7, 11) is 0. The zero-order valence-corrected chi connectivity index (χ0v) is 20.6. The molecule has 31 heavy (non-hydrogen) atoms. The molecule has 1 heterocycles. The molecule has 7 heteroatoms. The van der Waals surface area contributed by atoms with Crippen LogP contribution in [0.3, 0.4) is 0 Å². The number of aliphatic imine (C=N–C) groups is 1. The highest BCUT2D eigenvalue weighted by Crippen LogP contribution is 2.21. The van der Waals surface area contributed by atoms with E-state index in [1.165, 1.54) is 5.56 Å². The summed E-state index contributed by atoms with van der Waals surface area (Å²) < 4.78 is 5.55. The van der Waals surface area contributed by atoms with Gasteiger partial charge in [-0.25, -0.2) is 0 Å². The van der Waals surface area contributed by atoms with Gasteiger partial charge in [0.25, 0.3) is 0 Å². The second kappa shape index (κ2) is 14.4. The molecule has 2 aromatic rings. The van der Waals surface area contributed by atoms with E-state index in [0.717, 1.165) is 50.9 Å². The summed E-state index contributed by atoms with van der Waals surface area (Å²) in [5.74, 6) is 0.770. The molecule has 2 aromatic carbocycles. The molecule has 2 atom stereocenters. The van der Waals surface area contributed by atoms with E-state index in [1.54, 1.807) is 0 Å². The third-order valence-electron chi connectivity index (χ3n) is 5.44. The minimum absolute atomic E-state index is 0. The van der Waals surface area contributed by atoms with E-state index in [1.807, 2.05) is 30.3 Å². The van der Waals surface area contributed by atoms with Gasteiger partial charge in [0.05, 0.1) is 32.4 Å². The first-order chi connectivity index (χ1) is 14.8. The van der Waals surface area contributed by atoms with E-state index in [4.69, 9.17) is 9.73 Å². The van der Waals surface area contributed by atoms with Crippen molar-refractivity contribution < 1.29 is 9.84 Å². The Hall–Kier alpha value is -1.68. The third-order valence-corrected chi connectivity index (χ3v) is 5.44. The van der Waals surface area contributed by atoms with Gasteiger partial charge in [0.15, 0.2) is 5.96 Å². The van der Waals surface area contributed by atoms with Crippen LogP contribution in [0.5, 0.6) is 0 Å². The molecule has 1 saturated heterocycles. The molecule has 0 spiro atoms. The van der Waals surface area contributed by atoms with Crippen LogP contribution in [0, 0.1) is 0 Å². The van der Waals surface area contributed by atoms with Crippen molar-refractivity contribution >= 4 is 29.9 Å². The number of ether oxygens (including phenoxy) is 1. The standard InChI is InChI=1S/C24H34N4O2.HI/c1-2-25-24(26-17-22(19-29)20-9-5-3-6-10-20)27-18-23(21-11-7-4-8-12-21)28-13-15-30-16-14-28;/h3-12,22-23,29H,2,13-19H2,1H3,(H2,25,26,27);1H. The molecular weight excluding hydrogens is 503 g/mol. The van der Waals surface area contributed by atoms with Gasteiger partial charge in [-0.2, -0.15) is 0 Å². The van der Waals surface area contributed by atoms with Gasteiger partial charge in [0.1, 0.15) is 0 Å². The van der Waals surface area contributed by atoms with Crippen molar-refractivity contribution in [2.24, 2.45) is 4.99 Å². The van der Waals surface area contributed by atoms with Crippen molar-refractivity contribution in [2.45, 2.75) is 18.9 Å². The molecule has 2 unspecified atom stereocenters. The Labute approximate surface area is 203 Å². The van der Waals surface area contributed by atoms with E-state index >= 15 is 0 Å². The lowest BCUT2D eigenvalue weighted by molar-refractivity contribution is 0.0170. The Balaban J connectivity index is 0.00000341. The number of nitrogens with zero attached hydrogens (tertiary/aromatic N) is 2. The van der Waals surface area contributed by atoms with Gasteiger partial charge in [-0.3, -0.25) is 9.89 Å². The van der Waals surface area contributed by atoms with Crippen LogP contribution >= 0.6 is 24.0 Å². The minimum Gasteiger partial charge on any atom is -0.396 e. The summed E-state index contributed by atoms with van der Waals surface area (Å²) >= 11 is 0. The van der Waals surface area contributed by atoms with E-state index < -0.39 is 0 Å². The highest BCUT2D eigenvalue weighted by molar-refractivity contribution is 14.0. The summed E-state index contributed by atoms with van der Waals surface area (Å²) in [5.41, 5.74) is 2.40. The molecule has 0 aromatic heterocycles. The topological polar surface area (TPSA) is 69.1 Å². The maximum absolute atomic E-state index is 9.83. The Bertz CT molecular complexity index is 755. The predicted molar refractivity (Wildman–Crippen MR) is 137 cm³/mol. The molecule has 6 nitrogen and oxygen atoms in total. The van der Waals surface area contributed by atoms with E-state index in [0.29, 0.717) is 6.54 Å². The van der Waals surface area contributed by atoms with Crippen LogP contribution in [0.15, 0.2) is 65.7 Å². The number of nitrogens with one attached hydrogen (secondary N) is 2. The van der Waals surface area contributed by atoms with Crippen molar-refractivity contribution in [3.05, 3.63) is 71.8 Å². The maximum Gasteiger partial charge on any atom is 0.191 e. The lowest BCUT2D eigenvalue weighted by Crippen LogP contribution is -2.46. The normalized spacial score (nSPS) is 16.8. The van der Waals surface area contributed by atoms with Gasteiger partial charge in [-0.1, -0.05) is 60.7 Å². The summed E-state index contributed by atoms with van der Waals surface area (Å²) in [6.45, 7) is 7.61. The van der Waals surface area contributed by atoms with Crippen LogP contribution in [-0.2, 0) is 4.74 Å². The SMILES string of the molecule is CCNC(=NCC(CO)c1ccccc1)NCC(c1ccccc1)N1CCOCC1.I. The van der Waals surface area contributed by atoms with Gasteiger partial charge in [-0.05, 0) is 18.1 Å². The van der Waals surface area contributed by atoms with Crippen molar-refractivity contribution in [3.63, 3.8) is 0 Å². The average molecular weight is 538 g/mol. The molecule has 3 N–H and O–H groups in total. The number of halogens is 1. The zero-order chi connectivity index (χ0) is 21.0. The number of hydrogen-bond donors (Lipinski definition) is 3. The van der Waals surface area contributed by atoms with Crippen molar-refractivity contribution in [1.29, 1.82) is 0 Å². The first kappa shape index (κ1) is 25.6. The fraction of sp³-hybridized carbons (Fsp3) is 0.458. The number of aliphatic hydroxyl groups excluding tert-OH is 1. The Morgan fingerprint density at radius 1 is 1.00 bits per heavy atom. The lowest BCUT2D eigenvalue weighted by atomic mass is 10.0. The number of rotatable bonds is 9. The molecule has 0 bridgehead atoms. The summed E-state index contributed by atoms with van der Waals surface area (Å²) in [5, 5.41) is 16.7. The first-order valence-corrected chi connectivity index (χ1v) is 10.9. The molecule has 1 fully saturated rings. The third kappa shape index (κ3) is 8.07. The molecule has 0 amide bonds. The van der Waals surface area contributed by atoms with Gasteiger partial charge in [-0.15, -0.1) is 24.0 Å². The van der Waals surface area contributed by atoms with E-state index in [2.05, 4.69) is 52.8 Å². The number of aliphatic hydroxyl groups is 1. The van der Waals surface area contributed by atoms with Crippen LogP contribution in [0.25, 0.3) is 0 Å². The summed E-state index contributed by atoms with van der Waals surface area (Å²) in [4.78, 5) is 7.23. The lowest BCUT2D eigenvalue weighted by Gasteiger charge is -2.35. The summed E-state index contributed by atoms with van der Waals surface area (Å²) in [6.07, 6.45) is 0. The minimum atomic E-state index is -0.00850. The summed E-state index contributed by atoms with van der Waals surface area (Å²) in [6, 6.07) is 20.9. The second-order valence-corrected chi connectivity index (χ2v) is 7.47. The molecule has 170 valence electrons. The van der Waals surface area contributed by atoms with Gasteiger partial charge in [0, 0.05) is 32.1 Å². The second-order valence-electron chi connectivity index (χ2n) is 7.47. The Kier molecular flexibility index (Phi) is 11.9. The zero-order valence-electron chi connectivity index (χ0n) is 18.2. The van der Waals surface area contributed by atoms with Crippen molar-refractivity contribution in [3.8, 4) is 0 Å². The Morgan fingerprint density at radius 2 is 1.61 bits per heavy atom. The smallest absolute Gasteiger partial charge is 0.191 e. The monoisotopic (exact) mass is 538 g/mol. The van der Waals surface area contributed by atoms with Crippen LogP contribution in [0.4, 0.5) is 0 Å². The van der Waals surface area contributed by atoms with E-state index in [-0.39, 0.29) is 42.5 Å². The molecule has 3 rings (SSSR count). The van der Waals surface area contributed by atoms with Crippen LogP contribution in [0.2, 0.25) is 0 Å². The van der Waals surface area contributed by atoms with Crippen molar-refractivity contribution in [2.75, 3.05) is 52.5 Å². The van der Waals surface area contributed by atoms with Crippen LogP contribution < -0.4 is 10.6 Å². The molecular formula is C24H35IN4O2. The molecule has 0 radical (unpaired) electrons. The fourth-order valence-corrected chi connectivity index (χ4v) is 3.75. The average Bonchev–Trinajstić information content (AvgIpc) is 2.81. The van der Waals surface area contributed by atoms with Gasteiger partial charge < -0.3 is 20.5 Å². The van der Waals surface area contributed by atoms with E-state index in [9.17, 15) is 5.11 Å². The predicted octanol–water partition coefficient (Wildman–Crippen LogP) is 3.01. The number of morpholine rings is 1. The van der Waals surface area contributed by atoms with Crippen molar-refractivity contribution in [1.82, 2.24) is 15.5 Å². The molecule has 0 aliphatic carbocycles. The van der Waals surface area contributed by atoms with Gasteiger partial charge in [0.2, 0.25) is 0 Å². The van der Waals surface area contributed by atoms with Crippen LogP contribution in [0.1, 0.15) is 30.0 Å². The highest BCUT2D eigenvalue weighted by Gasteiger charge is 2.22. The highest BCUT2D eigenvalue weighted by atomic mass is 127. The Morgan fingerprint density at radius 3 is 2.19 bits per heavy atom. The molecule has 1 aliphatic heterocycles. The number of guanidine groups is 1.